The summed E-state index contributed by atoms with van der Waals surface area (Å²) >= 11 is 18.0. The number of anilines is 2. The van der Waals surface area contributed by atoms with E-state index in [0.717, 1.165) is 0 Å². The molecule has 1 aliphatic heterocycles. The number of fused-ring (bicyclic) bond motifs is 1. The van der Waals surface area contributed by atoms with Gasteiger partial charge in [-0.15, -0.1) is 0 Å². The highest BCUT2D eigenvalue weighted by atomic mass is 35.5. The fourth-order valence-corrected chi connectivity index (χ4v) is 3.66. The van der Waals surface area contributed by atoms with Gasteiger partial charge in [-0.25, -0.2) is 4.39 Å². The molecule has 0 bridgehead atoms. The number of ether oxygens (including phenoxy) is 1. The van der Waals surface area contributed by atoms with Crippen molar-refractivity contribution in [3.63, 3.8) is 0 Å². The minimum atomic E-state index is -0.516. The Kier molecular flexibility index (Phi) is 6.05. The zero-order chi connectivity index (χ0) is 22.1. The van der Waals surface area contributed by atoms with E-state index in [4.69, 9.17) is 39.5 Å². The first-order valence-corrected chi connectivity index (χ1v) is 10.2. The van der Waals surface area contributed by atoms with E-state index in [1.165, 1.54) is 29.2 Å². The highest BCUT2D eigenvalue weighted by Crippen LogP contribution is 2.36. The van der Waals surface area contributed by atoms with Crippen LogP contribution < -0.4 is 15.0 Å². The van der Waals surface area contributed by atoms with Gasteiger partial charge in [-0.05, 0) is 48.5 Å². The molecular weight excluding hydrogens is 466 g/mol. The maximum atomic E-state index is 14.3. The third kappa shape index (κ3) is 4.46. The van der Waals surface area contributed by atoms with Crippen LogP contribution >= 0.6 is 34.8 Å². The lowest BCUT2D eigenvalue weighted by Crippen LogP contribution is -2.38. The molecule has 158 valence electrons. The predicted octanol–water partition coefficient (Wildman–Crippen LogP) is 5.96. The molecule has 1 N–H and O–H groups in total. The highest BCUT2D eigenvalue weighted by Gasteiger charge is 2.27. The normalized spacial score (nSPS) is 12.9. The number of hydrogen-bond acceptors (Lipinski definition) is 3. The average Bonchev–Trinajstić information content (AvgIpc) is 2.74. The van der Waals surface area contributed by atoms with Gasteiger partial charge in [0.2, 0.25) is 0 Å². The number of amides is 2. The molecular formula is C22H14Cl3FN2O3. The number of benzene rings is 3. The largest absolute Gasteiger partial charge is 0.482 e. The van der Waals surface area contributed by atoms with E-state index in [1.807, 2.05) is 0 Å². The molecule has 3 aromatic carbocycles. The summed E-state index contributed by atoms with van der Waals surface area (Å²) in [7, 11) is 0. The van der Waals surface area contributed by atoms with Crippen molar-refractivity contribution in [3.8, 4) is 5.75 Å². The molecule has 0 saturated heterocycles. The molecule has 3 aromatic rings. The van der Waals surface area contributed by atoms with E-state index in [1.54, 1.807) is 30.3 Å². The molecule has 5 nitrogen and oxygen atoms in total. The van der Waals surface area contributed by atoms with E-state index in [9.17, 15) is 14.0 Å². The van der Waals surface area contributed by atoms with Crippen molar-refractivity contribution < 1.29 is 18.7 Å². The Bertz CT molecular complexity index is 1180. The van der Waals surface area contributed by atoms with Crippen LogP contribution in [0.1, 0.15) is 15.9 Å². The van der Waals surface area contributed by atoms with Gasteiger partial charge in [0.1, 0.15) is 11.6 Å². The molecule has 0 unspecified atom stereocenters. The molecule has 9 heteroatoms. The predicted molar refractivity (Wildman–Crippen MR) is 119 cm³/mol. The SMILES string of the molecule is O=C(Nc1ccc2c(c1)N(Cc1c(F)cccc1Cl)C(=O)CO2)c1ccc(Cl)c(Cl)c1. The Morgan fingerprint density at radius 2 is 1.84 bits per heavy atom. The van der Waals surface area contributed by atoms with Crippen LogP contribution in [0.4, 0.5) is 15.8 Å². The van der Waals surface area contributed by atoms with E-state index in [-0.39, 0.29) is 34.7 Å². The van der Waals surface area contributed by atoms with Crippen LogP contribution in [0, 0.1) is 5.82 Å². The Morgan fingerprint density at radius 1 is 1.03 bits per heavy atom. The maximum Gasteiger partial charge on any atom is 0.265 e. The first kappa shape index (κ1) is 21.4. The van der Waals surface area contributed by atoms with Crippen LogP contribution in [0.25, 0.3) is 0 Å². The number of nitrogens with zero attached hydrogens (tertiary/aromatic N) is 1. The van der Waals surface area contributed by atoms with Crippen LogP contribution in [0.15, 0.2) is 54.6 Å². The van der Waals surface area contributed by atoms with E-state index in [0.29, 0.717) is 27.7 Å². The second kappa shape index (κ2) is 8.75. The standard InChI is InChI=1S/C22H14Cl3FN2O3/c23-15-2-1-3-18(26)14(15)10-28-19-9-13(5-7-20(19)31-11-21(28)29)27-22(30)12-4-6-16(24)17(25)8-12/h1-9H,10-11H2,(H,27,30). The van der Waals surface area contributed by atoms with Crippen LogP contribution in [-0.4, -0.2) is 18.4 Å². The molecule has 0 saturated carbocycles. The summed E-state index contributed by atoms with van der Waals surface area (Å²) in [6, 6.07) is 13.7. The number of halogens is 4. The zero-order valence-electron chi connectivity index (χ0n) is 15.8. The van der Waals surface area contributed by atoms with Crippen molar-refractivity contribution >= 4 is 58.0 Å². The average molecular weight is 480 g/mol. The number of hydrogen-bond donors (Lipinski definition) is 1. The molecule has 0 atom stereocenters. The second-order valence-electron chi connectivity index (χ2n) is 6.73. The number of carbonyl (C=O) groups excluding carboxylic acids is 2. The Hall–Kier alpha value is -2.80. The smallest absolute Gasteiger partial charge is 0.265 e. The summed E-state index contributed by atoms with van der Waals surface area (Å²) in [6.07, 6.45) is 0. The fraction of sp³-hybridized carbons (Fsp3) is 0.0909. The van der Waals surface area contributed by atoms with E-state index < -0.39 is 11.7 Å². The minimum absolute atomic E-state index is 0.0785. The van der Waals surface area contributed by atoms with Crippen LogP contribution in [0.5, 0.6) is 5.75 Å². The molecule has 0 spiro atoms. The van der Waals surface area contributed by atoms with Gasteiger partial charge in [0, 0.05) is 21.8 Å². The summed E-state index contributed by atoms with van der Waals surface area (Å²) in [5.41, 5.74) is 1.31. The summed E-state index contributed by atoms with van der Waals surface area (Å²) in [5, 5.41) is 3.55. The van der Waals surface area contributed by atoms with Gasteiger partial charge in [0.15, 0.2) is 6.61 Å². The van der Waals surface area contributed by atoms with Gasteiger partial charge >= 0.3 is 0 Å². The molecule has 1 aliphatic rings. The van der Waals surface area contributed by atoms with Crippen molar-refractivity contribution in [2.45, 2.75) is 6.54 Å². The molecule has 0 fully saturated rings. The third-order valence-corrected chi connectivity index (χ3v) is 5.81. The van der Waals surface area contributed by atoms with Crippen molar-refractivity contribution in [1.29, 1.82) is 0 Å². The van der Waals surface area contributed by atoms with Gasteiger partial charge in [0.05, 0.1) is 22.3 Å². The Balaban J connectivity index is 1.63. The second-order valence-corrected chi connectivity index (χ2v) is 7.96. The zero-order valence-corrected chi connectivity index (χ0v) is 18.1. The van der Waals surface area contributed by atoms with E-state index >= 15 is 0 Å². The molecule has 2 amide bonds. The molecule has 0 aromatic heterocycles. The van der Waals surface area contributed by atoms with Crippen molar-refractivity contribution in [2.75, 3.05) is 16.8 Å². The highest BCUT2D eigenvalue weighted by molar-refractivity contribution is 6.42. The summed E-state index contributed by atoms with van der Waals surface area (Å²) in [4.78, 5) is 26.5. The first-order valence-electron chi connectivity index (χ1n) is 9.10. The number of carbonyl (C=O) groups is 2. The van der Waals surface area contributed by atoms with Crippen molar-refractivity contribution in [2.24, 2.45) is 0 Å². The quantitative estimate of drug-likeness (QED) is 0.502. The monoisotopic (exact) mass is 478 g/mol. The van der Waals surface area contributed by atoms with Crippen LogP contribution in [-0.2, 0) is 11.3 Å². The van der Waals surface area contributed by atoms with Crippen molar-refractivity contribution in [3.05, 3.63) is 86.6 Å². The van der Waals surface area contributed by atoms with Crippen LogP contribution in [0.2, 0.25) is 15.1 Å². The topological polar surface area (TPSA) is 58.6 Å². The van der Waals surface area contributed by atoms with Crippen molar-refractivity contribution in [1.82, 2.24) is 0 Å². The third-order valence-electron chi connectivity index (χ3n) is 4.72. The lowest BCUT2D eigenvalue weighted by molar-refractivity contribution is -0.121. The Labute approximate surface area is 192 Å². The molecule has 4 rings (SSSR count). The summed E-state index contributed by atoms with van der Waals surface area (Å²) in [5.74, 6) is -0.859. The molecule has 1 heterocycles. The molecule has 0 aliphatic carbocycles. The number of rotatable bonds is 4. The molecule has 0 radical (unpaired) electrons. The number of nitrogens with one attached hydrogen (secondary N) is 1. The van der Waals surface area contributed by atoms with Gasteiger partial charge in [-0.1, -0.05) is 40.9 Å². The maximum absolute atomic E-state index is 14.3. The van der Waals surface area contributed by atoms with Gasteiger partial charge in [0.25, 0.3) is 11.8 Å². The molecule has 31 heavy (non-hydrogen) atoms. The van der Waals surface area contributed by atoms with Gasteiger partial charge < -0.3 is 15.0 Å². The fourth-order valence-electron chi connectivity index (χ4n) is 3.14. The minimum Gasteiger partial charge on any atom is -0.482 e. The van der Waals surface area contributed by atoms with Gasteiger partial charge in [-0.2, -0.15) is 0 Å². The first-order chi connectivity index (χ1) is 14.8. The Morgan fingerprint density at radius 3 is 2.58 bits per heavy atom. The van der Waals surface area contributed by atoms with Crippen LogP contribution in [0.3, 0.4) is 0 Å². The van der Waals surface area contributed by atoms with Gasteiger partial charge in [-0.3, -0.25) is 9.59 Å². The summed E-state index contributed by atoms with van der Waals surface area (Å²) in [6.45, 7) is -0.265. The summed E-state index contributed by atoms with van der Waals surface area (Å²) < 4.78 is 19.8. The lowest BCUT2D eigenvalue weighted by Gasteiger charge is -2.30. The van der Waals surface area contributed by atoms with E-state index in [2.05, 4.69) is 5.32 Å². The lowest BCUT2D eigenvalue weighted by atomic mass is 10.1.